The Hall–Kier alpha value is -2.73. The lowest BCUT2D eigenvalue weighted by Crippen LogP contribution is -2.15. The number of carbonyl (C=O) groups excluding carboxylic acids is 1. The van der Waals surface area contributed by atoms with Crippen LogP contribution in [-0.2, 0) is 6.54 Å². The van der Waals surface area contributed by atoms with E-state index < -0.39 is 0 Å². The predicted molar refractivity (Wildman–Crippen MR) is 94.1 cm³/mol. The molecule has 24 heavy (non-hydrogen) atoms. The lowest BCUT2D eigenvalue weighted by atomic mass is 10.1. The molecule has 2 heterocycles. The van der Waals surface area contributed by atoms with Crippen molar-refractivity contribution in [2.45, 2.75) is 33.2 Å². The molecule has 6 nitrogen and oxygen atoms in total. The van der Waals surface area contributed by atoms with Gasteiger partial charge in [-0.3, -0.25) is 4.79 Å². The Morgan fingerprint density at radius 2 is 2.12 bits per heavy atom. The summed E-state index contributed by atoms with van der Waals surface area (Å²) in [5.74, 6) is 0.0413. The van der Waals surface area contributed by atoms with Crippen molar-refractivity contribution < 1.29 is 4.79 Å². The van der Waals surface area contributed by atoms with Gasteiger partial charge in [-0.15, -0.1) is 0 Å². The Labute approximate surface area is 140 Å². The Morgan fingerprint density at radius 1 is 1.33 bits per heavy atom. The van der Waals surface area contributed by atoms with Crippen LogP contribution in [0.1, 0.15) is 47.1 Å². The molecule has 0 fully saturated rings. The molecule has 6 heteroatoms. The van der Waals surface area contributed by atoms with Gasteiger partial charge in [-0.1, -0.05) is 26.0 Å². The van der Waals surface area contributed by atoms with E-state index in [2.05, 4.69) is 29.2 Å². The van der Waals surface area contributed by atoms with Gasteiger partial charge in [0.15, 0.2) is 5.65 Å². The maximum Gasteiger partial charge on any atom is 0.274 e. The molecule has 0 aliphatic rings. The van der Waals surface area contributed by atoms with Crippen molar-refractivity contribution in [1.82, 2.24) is 14.6 Å². The molecule has 0 aliphatic carbocycles. The summed E-state index contributed by atoms with van der Waals surface area (Å²) < 4.78 is 1.77. The van der Waals surface area contributed by atoms with Crippen LogP contribution >= 0.6 is 0 Å². The number of carbonyl (C=O) groups is 1. The zero-order valence-electron chi connectivity index (χ0n) is 14.1. The van der Waals surface area contributed by atoms with E-state index in [1.807, 2.05) is 37.4 Å². The Morgan fingerprint density at radius 3 is 2.83 bits per heavy atom. The van der Waals surface area contributed by atoms with Gasteiger partial charge in [-0.2, -0.15) is 5.10 Å². The molecular weight excluding hydrogens is 302 g/mol. The number of nitrogens with two attached hydrogens (primary N) is 1. The second kappa shape index (κ2) is 6.41. The van der Waals surface area contributed by atoms with Crippen molar-refractivity contribution >= 4 is 17.2 Å². The first-order chi connectivity index (χ1) is 11.5. The number of aryl methyl sites for hydroxylation is 1. The number of hydrogen-bond donors (Lipinski definition) is 2. The number of nitrogens with one attached hydrogen (secondary N) is 1. The fourth-order valence-electron chi connectivity index (χ4n) is 2.62. The van der Waals surface area contributed by atoms with Gasteiger partial charge in [0, 0.05) is 23.5 Å². The van der Waals surface area contributed by atoms with Gasteiger partial charge in [0.1, 0.15) is 5.69 Å². The zero-order valence-corrected chi connectivity index (χ0v) is 14.1. The summed E-state index contributed by atoms with van der Waals surface area (Å²) in [5.41, 5.74) is 10.3. The first-order valence-corrected chi connectivity index (χ1v) is 7.95. The molecule has 0 atom stereocenters. The van der Waals surface area contributed by atoms with E-state index in [0.717, 1.165) is 22.5 Å². The van der Waals surface area contributed by atoms with Crippen LogP contribution in [0.4, 0.5) is 5.69 Å². The number of aromatic nitrogens is 3. The normalized spacial score (nSPS) is 11.2. The summed E-state index contributed by atoms with van der Waals surface area (Å²) in [4.78, 5) is 17.1. The highest BCUT2D eigenvalue weighted by molar-refractivity contribution is 6.03. The Balaban J connectivity index is 1.96. The standard InChI is InChI=1S/C18H21N5O/c1-11(2)15-10-20-23-12(3)7-16(22-17(15)23)18(24)21-14-6-4-5-13(8-14)9-19/h4-8,10-11H,9,19H2,1-3H3,(H,21,24). The molecule has 3 N–H and O–H groups in total. The number of nitrogens with zero attached hydrogens (tertiary/aromatic N) is 3. The van der Waals surface area contributed by atoms with Crippen LogP contribution in [0.15, 0.2) is 36.5 Å². The van der Waals surface area contributed by atoms with Crippen LogP contribution in [0.2, 0.25) is 0 Å². The average molecular weight is 323 g/mol. The topological polar surface area (TPSA) is 85.3 Å². The molecule has 0 spiro atoms. The van der Waals surface area contributed by atoms with Gasteiger partial charge >= 0.3 is 0 Å². The molecule has 1 amide bonds. The second-order valence-electron chi connectivity index (χ2n) is 6.13. The van der Waals surface area contributed by atoms with Crippen LogP contribution in [0, 0.1) is 6.92 Å². The molecule has 0 unspecified atom stereocenters. The van der Waals surface area contributed by atoms with Gasteiger partial charge in [-0.05, 0) is 36.6 Å². The molecule has 124 valence electrons. The summed E-state index contributed by atoms with van der Waals surface area (Å²) in [6.45, 7) is 6.51. The fourth-order valence-corrected chi connectivity index (χ4v) is 2.62. The van der Waals surface area contributed by atoms with Crippen molar-refractivity contribution in [3.63, 3.8) is 0 Å². The highest BCUT2D eigenvalue weighted by atomic mass is 16.1. The summed E-state index contributed by atoms with van der Waals surface area (Å²) >= 11 is 0. The maximum absolute atomic E-state index is 12.6. The molecule has 3 rings (SSSR count). The van der Waals surface area contributed by atoms with Crippen molar-refractivity contribution in [3.8, 4) is 0 Å². The van der Waals surface area contributed by atoms with E-state index in [1.54, 1.807) is 10.6 Å². The first kappa shape index (κ1) is 16.1. The van der Waals surface area contributed by atoms with Gasteiger partial charge in [0.2, 0.25) is 0 Å². The quantitative estimate of drug-likeness (QED) is 0.773. The molecule has 0 bridgehead atoms. The van der Waals surface area contributed by atoms with Gasteiger partial charge in [0.25, 0.3) is 5.91 Å². The van der Waals surface area contributed by atoms with Crippen LogP contribution in [0.25, 0.3) is 5.65 Å². The lowest BCUT2D eigenvalue weighted by Gasteiger charge is -2.09. The predicted octanol–water partition coefficient (Wildman–Crippen LogP) is 2.87. The van der Waals surface area contributed by atoms with Crippen LogP contribution < -0.4 is 11.1 Å². The lowest BCUT2D eigenvalue weighted by molar-refractivity contribution is 0.102. The van der Waals surface area contributed by atoms with E-state index >= 15 is 0 Å². The van der Waals surface area contributed by atoms with Gasteiger partial charge < -0.3 is 11.1 Å². The number of amides is 1. The average Bonchev–Trinajstić information content (AvgIpc) is 2.99. The second-order valence-corrected chi connectivity index (χ2v) is 6.13. The zero-order chi connectivity index (χ0) is 17.3. The van der Waals surface area contributed by atoms with E-state index in [4.69, 9.17) is 5.73 Å². The molecule has 0 saturated heterocycles. The third kappa shape index (κ3) is 3.00. The molecule has 0 saturated carbocycles. The third-order valence-electron chi connectivity index (χ3n) is 3.95. The molecule has 2 aromatic heterocycles. The molecule has 3 aromatic rings. The fraction of sp³-hybridized carbons (Fsp3) is 0.278. The van der Waals surface area contributed by atoms with Crippen LogP contribution in [0.3, 0.4) is 0 Å². The summed E-state index contributed by atoms with van der Waals surface area (Å²) in [6, 6.07) is 9.23. The van der Waals surface area contributed by atoms with Crippen molar-refractivity contribution in [2.24, 2.45) is 5.73 Å². The van der Waals surface area contributed by atoms with Crippen LogP contribution in [-0.4, -0.2) is 20.5 Å². The Bertz CT molecular complexity index is 898. The summed E-state index contributed by atoms with van der Waals surface area (Å²) in [5, 5.41) is 7.23. The molecular formula is C18H21N5O. The largest absolute Gasteiger partial charge is 0.326 e. The monoisotopic (exact) mass is 323 g/mol. The number of anilines is 1. The Kier molecular flexibility index (Phi) is 4.31. The minimum absolute atomic E-state index is 0.245. The molecule has 1 aromatic carbocycles. The third-order valence-corrected chi connectivity index (χ3v) is 3.95. The van der Waals surface area contributed by atoms with E-state index in [-0.39, 0.29) is 11.8 Å². The molecule has 0 radical (unpaired) electrons. The van der Waals surface area contributed by atoms with E-state index in [0.29, 0.717) is 17.9 Å². The first-order valence-electron chi connectivity index (χ1n) is 7.95. The van der Waals surface area contributed by atoms with Crippen molar-refractivity contribution in [1.29, 1.82) is 0 Å². The number of hydrogen-bond acceptors (Lipinski definition) is 4. The smallest absolute Gasteiger partial charge is 0.274 e. The summed E-state index contributed by atoms with van der Waals surface area (Å²) in [7, 11) is 0. The number of rotatable bonds is 4. The SMILES string of the molecule is Cc1cc(C(=O)Nc2cccc(CN)c2)nc2c(C(C)C)cnn12. The minimum atomic E-state index is -0.245. The van der Waals surface area contributed by atoms with Gasteiger partial charge in [0.05, 0.1) is 6.20 Å². The maximum atomic E-state index is 12.6. The van der Waals surface area contributed by atoms with E-state index in [1.165, 1.54) is 0 Å². The highest BCUT2D eigenvalue weighted by Gasteiger charge is 2.15. The molecule has 0 aliphatic heterocycles. The number of fused-ring (bicyclic) bond motifs is 1. The van der Waals surface area contributed by atoms with Gasteiger partial charge in [-0.25, -0.2) is 9.50 Å². The highest BCUT2D eigenvalue weighted by Crippen LogP contribution is 2.20. The summed E-state index contributed by atoms with van der Waals surface area (Å²) in [6.07, 6.45) is 1.81. The van der Waals surface area contributed by atoms with Crippen molar-refractivity contribution in [3.05, 3.63) is 59.0 Å². The van der Waals surface area contributed by atoms with Crippen LogP contribution in [0.5, 0.6) is 0 Å². The number of benzene rings is 1. The minimum Gasteiger partial charge on any atom is -0.326 e. The van der Waals surface area contributed by atoms with Crippen molar-refractivity contribution in [2.75, 3.05) is 5.32 Å². The van der Waals surface area contributed by atoms with E-state index in [9.17, 15) is 4.79 Å².